The summed E-state index contributed by atoms with van der Waals surface area (Å²) in [6, 6.07) is 10.1. The third-order valence-electron chi connectivity index (χ3n) is 5.25. The summed E-state index contributed by atoms with van der Waals surface area (Å²) in [6.07, 6.45) is 2.24. The van der Waals surface area contributed by atoms with Gasteiger partial charge < -0.3 is 15.1 Å². The molecule has 2 aliphatic heterocycles. The molecule has 1 fully saturated rings. The van der Waals surface area contributed by atoms with Crippen LogP contribution in [0.3, 0.4) is 0 Å². The van der Waals surface area contributed by atoms with E-state index < -0.39 is 17.8 Å². The highest BCUT2D eigenvalue weighted by atomic mass is 35.5. The smallest absolute Gasteiger partial charge is 0.256 e. The number of benzene rings is 2. The van der Waals surface area contributed by atoms with Crippen molar-refractivity contribution < 1.29 is 18.8 Å². The highest BCUT2D eigenvalue weighted by Gasteiger charge is 2.41. The number of anilines is 2. The molecule has 0 radical (unpaired) electrons. The number of fused-ring (bicyclic) bond motifs is 2. The monoisotopic (exact) mass is 415 g/mol. The van der Waals surface area contributed by atoms with Crippen LogP contribution in [0.25, 0.3) is 0 Å². The molecule has 6 nitrogen and oxygen atoms in total. The zero-order chi connectivity index (χ0) is 20.5. The van der Waals surface area contributed by atoms with E-state index in [0.717, 1.165) is 18.9 Å². The predicted molar refractivity (Wildman–Crippen MR) is 108 cm³/mol. The first kappa shape index (κ1) is 19.4. The number of amides is 3. The molecule has 150 valence electrons. The second kappa shape index (κ2) is 7.83. The van der Waals surface area contributed by atoms with E-state index in [-0.39, 0.29) is 29.1 Å². The quantitative estimate of drug-likeness (QED) is 0.834. The number of para-hydroxylation sites is 1. The summed E-state index contributed by atoms with van der Waals surface area (Å²) in [5.41, 5.74) is 0.754. The molecule has 8 heteroatoms. The molecule has 0 spiro atoms. The van der Waals surface area contributed by atoms with Gasteiger partial charge in [-0.2, -0.15) is 0 Å². The van der Waals surface area contributed by atoms with Crippen molar-refractivity contribution in [2.45, 2.75) is 25.3 Å². The van der Waals surface area contributed by atoms with E-state index in [2.05, 4.69) is 5.32 Å². The lowest BCUT2D eigenvalue weighted by Crippen LogP contribution is -2.52. The van der Waals surface area contributed by atoms with E-state index in [1.54, 1.807) is 29.2 Å². The maximum absolute atomic E-state index is 14.0. The number of nitrogens with one attached hydrogen (secondary N) is 1. The molecule has 0 aliphatic carbocycles. The minimum Gasteiger partial charge on any atom is -0.327 e. The number of halogens is 2. The van der Waals surface area contributed by atoms with Crippen molar-refractivity contribution in [3.05, 3.63) is 58.9 Å². The molecule has 4 rings (SSSR count). The molecule has 2 heterocycles. The third-order valence-corrected chi connectivity index (χ3v) is 5.48. The van der Waals surface area contributed by atoms with Crippen LogP contribution in [-0.2, 0) is 9.59 Å². The lowest BCUT2D eigenvalue weighted by molar-refractivity contribution is -0.125. The van der Waals surface area contributed by atoms with Crippen LogP contribution in [0, 0.1) is 5.82 Å². The average Bonchev–Trinajstić information content (AvgIpc) is 2.80. The summed E-state index contributed by atoms with van der Waals surface area (Å²) in [7, 11) is 0. The Morgan fingerprint density at radius 1 is 1.17 bits per heavy atom. The largest absolute Gasteiger partial charge is 0.327 e. The summed E-state index contributed by atoms with van der Waals surface area (Å²) in [5.74, 6) is -1.73. The summed E-state index contributed by atoms with van der Waals surface area (Å²) in [5, 5.41) is 2.69. The van der Waals surface area contributed by atoms with Gasteiger partial charge in [0.05, 0.1) is 16.9 Å². The van der Waals surface area contributed by atoms with Gasteiger partial charge in [-0.1, -0.05) is 23.7 Å². The molecule has 1 saturated heterocycles. The number of piperidine rings is 1. The van der Waals surface area contributed by atoms with Crippen LogP contribution in [0.4, 0.5) is 15.8 Å². The fraction of sp³-hybridized carbons (Fsp3) is 0.286. The SMILES string of the molecule is O=C(CN1C(=O)C2CCCCN2C(=O)c2ccccc21)Nc1ccc(Cl)cc1F. The summed E-state index contributed by atoms with van der Waals surface area (Å²) in [6.45, 7) is 0.190. The van der Waals surface area contributed by atoms with Crippen LogP contribution in [0.1, 0.15) is 29.6 Å². The first-order chi connectivity index (χ1) is 14.0. The summed E-state index contributed by atoms with van der Waals surface area (Å²) >= 11 is 5.74. The van der Waals surface area contributed by atoms with Gasteiger partial charge in [0.2, 0.25) is 11.8 Å². The van der Waals surface area contributed by atoms with E-state index in [9.17, 15) is 18.8 Å². The van der Waals surface area contributed by atoms with Gasteiger partial charge in [0.15, 0.2) is 0 Å². The van der Waals surface area contributed by atoms with Gasteiger partial charge in [-0.3, -0.25) is 14.4 Å². The Kier molecular flexibility index (Phi) is 5.24. The van der Waals surface area contributed by atoms with Gasteiger partial charge in [0.1, 0.15) is 18.4 Å². The topological polar surface area (TPSA) is 69.7 Å². The van der Waals surface area contributed by atoms with Gasteiger partial charge in [0, 0.05) is 11.6 Å². The molecule has 0 bridgehead atoms. The van der Waals surface area contributed by atoms with Gasteiger partial charge >= 0.3 is 0 Å². The second-order valence-electron chi connectivity index (χ2n) is 7.12. The number of nitrogens with zero attached hydrogens (tertiary/aromatic N) is 2. The maximum atomic E-state index is 14.0. The van der Waals surface area contributed by atoms with Gasteiger partial charge in [-0.15, -0.1) is 0 Å². The summed E-state index contributed by atoms with van der Waals surface area (Å²) < 4.78 is 14.0. The molecular weight excluding hydrogens is 397 g/mol. The van der Waals surface area contributed by atoms with E-state index in [0.29, 0.717) is 24.2 Å². The average molecular weight is 416 g/mol. The first-order valence-corrected chi connectivity index (χ1v) is 9.80. The van der Waals surface area contributed by atoms with Crippen molar-refractivity contribution in [3.63, 3.8) is 0 Å². The maximum Gasteiger partial charge on any atom is 0.256 e. The Labute approximate surface area is 172 Å². The fourth-order valence-electron chi connectivity index (χ4n) is 3.86. The minimum atomic E-state index is -0.665. The van der Waals surface area contributed by atoms with Crippen molar-refractivity contribution >= 4 is 40.7 Å². The molecule has 0 aromatic heterocycles. The van der Waals surface area contributed by atoms with Crippen molar-refractivity contribution in [2.75, 3.05) is 23.3 Å². The number of hydrogen-bond acceptors (Lipinski definition) is 3. The molecule has 0 saturated carbocycles. The third kappa shape index (κ3) is 3.70. The molecule has 2 aromatic rings. The minimum absolute atomic E-state index is 0.0228. The highest BCUT2D eigenvalue weighted by Crippen LogP contribution is 2.31. The van der Waals surface area contributed by atoms with Crippen molar-refractivity contribution in [1.82, 2.24) is 4.90 Å². The zero-order valence-electron chi connectivity index (χ0n) is 15.5. The molecule has 1 N–H and O–H groups in total. The van der Waals surface area contributed by atoms with E-state index >= 15 is 0 Å². The van der Waals surface area contributed by atoms with E-state index in [1.165, 1.54) is 17.0 Å². The molecule has 2 aliphatic rings. The fourth-order valence-corrected chi connectivity index (χ4v) is 4.02. The normalized spacial score (nSPS) is 18.8. The van der Waals surface area contributed by atoms with Crippen LogP contribution in [0.2, 0.25) is 5.02 Å². The lowest BCUT2D eigenvalue weighted by Gasteiger charge is -2.34. The Balaban J connectivity index is 1.64. The van der Waals surface area contributed by atoms with Gasteiger partial charge in [-0.05, 0) is 49.6 Å². The lowest BCUT2D eigenvalue weighted by atomic mass is 10.0. The van der Waals surface area contributed by atoms with Crippen LogP contribution in [0.5, 0.6) is 0 Å². The van der Waals surface area contributed by atoms with Crippen molar-refractivity contribution in [3.8, 4) is 0 Å². The molecular formula is C21H19ClFN3O3. The Morgan fingerprint density at radius 3 is 2.76 bits per heavy atom. The number of rotatable bonds is 3. The molecule has 29 heavy (non-hydrogen) atoms. The number of carbonyl (C=O) groups excluding carboxylic acids is 3. The Bertz CT molecular complexity index is 997. The molecule has 2 aromatic carbocycles. The highest BCUT2D eigenvalue weighted by molar-refractivity contribution is 6.30. The van der Waals surface area contributed by atoms with Gasteiger partial charge in [0.25, 0.3) is 5.91 Å². The Morgan fingerprint density at radius 2 is 1.97 bits per heavy atom. The van der Waals surface area contributed by atoms with E-state index in [4.69, 9.17) is 11.6 Å². The van der Waals surface area contributed by atoms with Crippen molar-refractivity contribution in [1.29, 1.82) is 0 Å². The predicted octanol–water partition coefficient (Wildman–Crippen LogP) is 3.46. The second-order valence-corrected chi connectivity index (χ2v) is 7.56. The van der Waals surface area contributed by atoms with E-state index in [1.807, 2.05) is 0 Å². The van der Waals surface area contributed by atoms with Crippen LogP contribution in [0.15, 0.2) is 42.5 Å². The van der Waals surface area contributed by atoms with Crippen LogP contribution >= 0.6 is 11.6 Å². The van der Waals surface area contributed by atoms with Crippen LogP contribution in [-0.4, -0.2) is 41.8 Å². The van der Waals surface area contributed by atoms with Gasteiger partial charge in [-0.25, -0.2) is 4.39 Å². The zero-order valence-corrected chi connectivity index (χ0v) is 16.3. The Hall–Kier alpha value is -2.93. The summed E-state index contributed by atoms with van der Waals surface area (Å²) in [4.78, 5) is 41.8. The standard InChI is InChI=1S/C21H19ClFN3O3/c22-13-8-9-16(15(23)11-13)24-19(27)12-26-17-6-2-1-5-14(17)20(28)25-10-4-3-7-18(25)21(26)29/h1-2,5-6,8-9,11,18H,3-4,7,10,12H2,(H,24,27). The van der Waals surface area contributed by atoms with Crippen molar-refractivity contribution in [2.24, 2.45) is 0 Å². The molecule has 1 unspecified atom stereocenters. The van der Waals surface area contributed by atoms with Crippen LogP contribution < -0.4 is 10.2 Å². The number of carbonyl (C=O) groups is 3. The molecule has 1 atom stereocenters. The molecule has 3 amide bonds. The first-order valence-electron chi connectivity index (χ1n) is 9.42. The number of hydrogen-bond donors (Lipinski definition) is 1.